The van der Waals surface area contributed by atoms with E-state index in [-0.39, 0.29) is 6.61 Å². The third kappa shape index (κ3) is 6.50. The maximum atomic E-state index is 9.49. The fraction of sp³-hybridized carbons (Fsp3) is 0.308. The van der Waals surface area contributed by atoms with Gasteiger partial charge in [-0.25, -0.2) is 0 Å². The molecular weight excluding hydrogens is 426 g/mol. The standard InChI is InChI=1S/C26H28ClNO2S/c27-23-12-10-22(11-13-23)19-31-26-5-1-4-25(15-26)30-18-21-8-6-20(7-9-21)16-28-14-2-3-24(28)17-29/h1,4-13,15,24,29H,2-3,14,16-19H2/t24-/m1/s1. The third-order valence-electron chi connectivity index (χ3n) is 5.65. The van der Waals surface area contributed by atoms with E-state index in [0.717, 1.165) is 41.6 Å². The first-order chi connectivity index (χ1) is 15.2. The molecular formula is C26H28ClNO2S. The zero-order chi connectivity index (χ0) is 21.5. The van der Waals surface area contributed by atoms with Gasteiger partial charge in [-0.1, -0.05) is 54.1 Å². The Bertz CT molecular complexity index is 962. The highest BCUT2D eigenvalue weighted by Gasteiger charge is 2.23. The van der Waals surface area contributed by atoms with Gasteiger partial charge >= 0.3 is 0 Å². The molecule has 5 heteroatoms. The topological polar surface area (TPSA) is 32.7 Å². The first-order valence-electron chi connectivity index (χ1n) is 10.7. The van der Waals surface area contributed by atoms with Crippen LogP contribution in [0.1, 0.15) is 29.5 Å². The van der Waals surface area contributed by atoms with Crippen LogP contribution in [0.2, 0.25) is 5.02 Å². The third-order valence-corrected chi connectivity index (χ3v) is 6.97. The van der Waals surface area contributed by atoms with Gasteiger partial charge in [0.1, 0.15) is 12.4 Å². The molecule has 0 radical (unpaired) electrons. The van der Waals surface area contributed by atoms with Crippen molar-refractivity contribution in [1.29, 1.82) is 0 Å². The minimum absolute atomic E-state index is 0.253. The highest BCUT2D eigenvalue weighted by Crippen LogP contribution is 2.27. The zero-order valence-corrected chi connectivity index (χ0v) is 19.1. The lowest BCUT2D eigenvalue weighted by molar-refractivity contribution is 0.153. The predicted molar refractivity (Wildman–Crippen MR) is 129 cm³/mol. The maximum Gasteiger partial charge on any atom is 0.120 e. The van der Waals surface area contributed by atoms with E-state index >= 15 is 0 Å². The average molecular weight is 454 g/mol. The molecule has 3 aromatic carbocycles. The molecule has 0 bridgehead atoms. The molecule has 3 aromatic rings. The van der Waals surface area contributed by atoms with Crippen molar-refractivity contribution in [2.75, 3.05) is 13.2 Å². The SMILES string of the molecule is OC[C@H]1CCCN1Cc1ccc(COc2cccc(SCc3ccc(Cl)cc3)c2)cc1. The van der Waals surface area contributed by atoms with Gasteiger partial charge in [-0.3, -0.25) is 4.90 Å². The van der Waals surface area contributed by atoms with Gasteiger partial charge in [-0.2, -0.15) is 0 Å². The van der Waals surface area contributed by atoms with Crippen molar-refractivity contribution in [2.24, 2.45) is 0 Å². The van der Waals surface area contributed by atoms with E-state index in [4.69, 9.17) is 16.3 Å². The van der Waals surface area contributed by atoms with E-state index in [2.05, 4.69) is 53.4 Å². The van der Waals surface area contributed by atoms with Crippen molar-refractivity contribution in [3.05, 3.63) is 94.5 Å². The first-order valence-corrected chi connectivity index (χ1v) is 12.1. The van der Waals surface area contributed by atoms with Crippen molar-refractivity contribution in [2.45, 2.75) is 42.7 Å². The van der Waals surface area contributed by atoms with E-state index in [9.17, 15) is 5.11 Å². The van der Waals surface area contributed by atoms with E-state index in [1.165, 1.54) is 22.4 Å². The number of rotatable bonds is 9. The van der Waals surface area contributed by atoms with Crippen molar-refractivity contribution < 1.29 is 9.84 Å². The first kappa shape index (κ1) is 22.2. The second-order valence-corrected chi connectivity index (χ2v) is 9.43. The van der Waals surface area contributed by atoms with E-state index in [0.29, 0.717) is 12.6 Å². The van der Waals surface area contributed by atoms with Gasteiger partial charge in [0.15, 0.2) is 0 Å². The second kappa shape index (κ2) is 11.1. The van der Waals surface area contributed by atoms with Gasteiger partial charge in [-0.05, 0) is 66.4 Å². The van der Waals surface area contributed by atoms with Crippen LogP contribution in [0.5, 0.6) is 5.75 Å². The van der Waals surface area contributed by atoms with Crippen molar-refractivity contribution >= 4 is 23.4 Å². The number of hydrogen-bond donors (Lipinski definition) is 1. The van der Waals surface area contributed by atoms with Crippen LogP contribution in [0.25, 0.3) is 0 Å². The fourth-order valence-electron chi connectivity index (χ4n) is 3.85. The number of nitrogens with zero attached hydrogens (tertiary/aromatic N) is 1. The molecule has 0 unspecified atom stereocenters. The molecule has 1 aliphatic rings. The second-order valence-electron chi connectivity index (χ2n) is 7.94. The van der Waals surface area contributed by atoms with Crippen LogP contribution in [0, 0.1) is 0 Å². The predicted octanol–water partition coefficient (Wildman–Crippen LogP) is 6.17. The molecule has 1 saturated heterocycles. The summed E-state index contributed by atoms with van der Waals surface area (Å²) in [5.74, 6) is 1.78. The molecule has 1 atom stereocenters. The Balaban J connectivity index is 1.28. The smallest absolute Gasteiger partial charge is 0.120 e. The summed E-state index contributed by atoms with van der Waals surface area (Å²) in [7, 11) is 0. The summed E-state index contributed by atoms with van der Waals surface area (Å²) >= 11 is 7.75. The monoisotopic (exact) mass is 453 g/mol. The minimum atomic E-state index is 0.253. The number of halogens is 1. The molecule has 31 heavy (non-hydrogen) atoms. The molecule has 1 fully saturated rings. The fourth-order valence-corrected chi connectivity index (χ4v) is 4.88. The maximum absolute atomic E-state index is 9.49. The number of ether oxygens (including phenoxy) is 1. The van der Waals surface area contributed by atoms with Crippen LogP contribution in [0.4, 0.5) is 0 Å². The van der Waals surface area contributed by atoms with E-state index in [1.54, 1.807) is 11.8 Å². The van der Waals surface area contributed by atoms with Crippen molar-refractivity contribution in [3.63, 3.8) is 0 Å². The van der Waals surface area contributed by atoms with Crippen LogP contribution in [0.3, 0.4) is 0 Å². The molecule has 3 nitrogen and oxygen atoms in total. The molecule has 162 valence electrons. The highest BCUT2D eigenvalue weighted by molar-refractivity contribution is 7.98. The van der Waals surface area contributed by atoms with E-state index < -0.39 is 0 Å². The summed E-state index contributed by atoms with van der Waals surface area (Å²) in [5, 5.41) is 10.3. The molecule has 0 aromatic heterocycles. The number of aliphatic hydroxyl groups is 1. The number of hydrogen-bond acceptors (Lipinski definition) is 4. The Morgan fingerprint density at radius 2 is 1.71 bits per heavy atom. The minimum Gasteiger partial charge on any atom is -0.489 e. The highest BCUT2D eigenvalue weighted by atomic mass is 35.5. The molecule has 0 spiro atoms. The quantitative estimate of drug-likeness (QED) is 0.393. The Kier molecular flexibility index (Phi) is 7.92. The number of aliphatic hydroxyl groups excluding tert-OH is 1. The van der Waals surface area contributed by atoms with Gasteiger partial charge in [0.25, 0.3) is 0 Å². The normalized spacial score (nSPS) is 16.5. The Morgan fingerprint density at radius 3 is 2.48 bits per heavy atom. The molecule has 0 amide bonds. The van der Waals surface area contributed by atoms with Crippen LogP contribution in [-0.2, 0) is 18.9 Å². The summed E-state index contributed by atoms with van der Waals surface area (Å²) < 4.78 is 6.03. The van der Waals surface area contributed by atoms with Crippen molar-refractivity contribution in [3.8, 4) is 5.75 Å². The van der Waals surface area contributed by atoms with Gasteiger partial charge in [0, 0.05) is 28.3 Å². The Labute approximate surface area is 194 Å². The summed E-state index contributed by atoms with van der Waals surface area (Å²) in [6.45, 7) is 2.78. The van der Waals surface area contributed by atoms with E-state index in [1.807, 2.05) is 24.3 Å². The molecule has 0 aliphatic carbocycles. The Morgan fingerprint density at radius 1 is 0.968 bits per heavy atom. The average Bonchev–Trinajstić information content (AvgIpc) is 3.26. The number of likely N-dealkylation sites (tertiary alicyclic amines) is 1. The van der Waals surface area contributed by atoms with Crippen LogP contribution >= 0.6 is 23.4 Å². The lowest BCUT2D eigenvalue weighted by Crippen LogP contribution is -2.31. The number of thioether (sulfide) groups is 1. The van der Waals surface area contributed by atoms with Crippen LogP contribution in [-0.4, -0.2) is 29.2 Å². The summed E-state index contributed by atoms with van der Waals surface area (Å²) in [5.41, 5.74) is 3.69. The van der Waals surface area contributed by atoms with Gasteiger partial charge < -0.3 is 9.84 Å². The molecule has 0 saturated carbocycles. The Hall–Kier alpha value is -1.98. The molecule has 1 aliphatic heterocycles. The summed E-state index contributed by atoms with van der Waals surface area (Å²) in [4.78, 5) is 3.56. The molecule has 1 heterocycles. The zero-order valence-electron chi connectivity index (χ0n) is 17.5. The largest absolute Gasteiger partial charge is 0.489 e. The summed E-state index contributed by atoms with van der Waals surface area (Å²) in [6.07, 6.45) is 2.27. The van der Waals surface area contributed by atoms with Crippen LogP contribution < -0.4 is 4.74 Å². The molecule has 4 rings (SSSR count). The number of benzene rings is 3. The van der Waals surface area contributed by atoms with Crippen LogP contribution in [0.15, 0.2) is 77.7 Å². The lowest BCUT2D eigenvalue weighted by Gasteiger charge is -2.22. The van der Waals surface area contributed by atoms with Crippen molar-refractivity contribution in [1.82, 2.24) is 4.90 Å². The van der Waals surface area contributed by atoms with Gasteiger partial charge in [0.05, 0.1) is 6.61 Å². The van der Waals surface area contributed by atoms with Gasteiger partial charge in [-0.15, -0.1) is 11.8 Å². The summed E-state index contributed by atoms with van der Waals surface area (Å²) in [6, 6.07) is 25.2. The molecule has 1 N–H and O–H groups in total. The van der Waals surface area contributed by atoms with Gasteiger partial charge in [0.2, 0.25) is 0 Å². The lowest BCUT2D eigenvalue weighted by atomic mass is 10.1.